The first-order chi connectivity index (χ1) is 10.5. The maximum atomic E-state index is 12.3. The van der Waals surface area contributed by atoms with Crippen LogP contribution < -0.4 is 5.32 Å². The van der Waals surface area contributed by atoms with Crippen molar-refractivity contribution < 1.29 is 14.3 Å². The maximum absolute atomic E-state index is 12.3. The minimum atomic E-state index is -0.608. The fourth-order valence-corrected chi connectivity index (χ4v) is 2.93. The van der Waals surface area contributed by atoms with Crippen molar-refractivity contribution in [1.29, 1.82) is 0 Å². The summed E-state index contributed by atoms with van der Waals surface area (Å²) in [5.74, 6) is -0.800. The summed E-state index contributed by atoms with van der Waals surface area (Å²) in [5, 5.41) is 3.26. The van der Waals surface area contributed by atoms with Crippen LogP contribution in [0.4, 0.5) is 5.69 Å². The van der Waals surface area contributed by atoms with E-state index in [4.69, 9.17) is 16.3 Å². The standard InChI is InChI=1S/C16H21ClN2O3/c1-11-8-13(17)5-6-14(11)18-15(20)16(21)19-7-3-4-12(9-19)10-22-2/h5-6,8,12H,3-4,7,9-10H2,1-2H3,(H,18,20). The third kappa shape index (κ3) is 4.21. The van der Waals surface area contributed by atoms with E-state index in [1.54, 1.807) is 30.2 Å². The molecule has 0 aromatic heterocycles. The van der Waals surface area contributed by atoms with Crippen molar-refractivity contribution in [1.82, 2.24) is 4.90 Å². The number of benzene rings is 1. The van der Waals surface area contributed by atoms with E-state index in [2.05, 4.69) is 5.32 Å². The molecule has 6 heteroatoms. The lowest BCUT2D eigenvalue weighted by molar-refractivity contribution is -0.144. The van der Waals surface area contributed by atoms with Gasteiger partial charge in [0, 0.05) is 30.9 Å². The van der Waals surface area contributed by atoms with Gasteiger partial charge in [-0.05, 0) is 49.4 Å². The van der Waals surface area contributed by atoms with Crippen LogP contribution in [0.15, 0.2) is 18.2 Å². The quantitative estimate of drug-likeness (QED) is 0.869. The highest BCUT2D eigenvalue weighted by Gasteiger charge is 2.28. The predicted molar refractivity (Wildman–Crippen MR) is 86.0 cm³/mol. The van der Waals surface area contributed by atoms with Gasteiger partial charge in [0.15, 0.2) is 0 Å². The van der Waals surface area contributed by atoms with Crippen LogP contribution in [0.25, 0.3) is 0 Å². The van der Waals surface area contributed by atoms with Crippen molar-refractivity contribution in [3.8, 4) is 0 Å². The number of hydrogen-bond donors (Lipinski definition) is 1. The van der Waals surface area contributed by atoms with Crippen LogP contribution in [0, 0.1) is 12.8 Å². The van der Waals surface area contributed by atoms with E-state index in [1.165, 1.54) is 0 Å². The fraction of sp³-hybridized carbons (Fsp3) is 0.500. The van der Waals surface area contributed by atoms with Crippen molar-refractivity contribution in [2.75, 3.05) is 32.1 Å². The SMILES string of the molecule is COCC1CCCN(C(=O)C(=O)Nc2ccc(Cl)cc2C)C1. The third-order valence-corrected chi connectivity index (χ3v) is 4.07. The molecule has 2 rings (SSSR count). The van der Waals surface area contributed by atoms with Crippen LogP contribution in [0.2, 0.25) is 5.02 Å². The molecule has 1 aliphatic heterocycles. The number of amides is 2. The molecule has 1 N–H and O–H groups in total. The highest BCUT2D eigenvalue weighted by atomic mass is 35.5. The molecule has 1 atom stereocenters. The minimum Gasteiger partial charge on any atom is -0.384 e. The van der Waals surface area contributed by atoms with Crippen molar-refractivity contribution >= 4 is 29.1 Å². The van der Waals surface area contributed by atoms with Gasteiger partial charge in [-0.1, -0.05) is 11.6 Å². The average Bonchev–Trinajstić information content (AvgIpc) is 2.50. The van der Waals surface area contributed by atoms with E-state index in [0.29, 0.717) is 36.3 Å². The number of methoxy groups -OCH3 is 1. The zero-order chi connectivity index (χ0) is 16.1. The normalized spacial score (nSPS) is 18.1. The predicted octanol–water partition coefficient (Wildman–Crippen LogP) is 2.47. The molecule has 0 bridgehead atoms. The Bertz CT molecular complexity index is 560. The monoisotopic (exact) mass is 324 g/mol. The number of anilines is 1. The van der Waals surface area contributed by atoms with E-state index in [-0.39, 0.29) is 0 Å². The Morgan fingerprint density at radius 2 is 2.23 bits per heavy atom. The Balaban J connectivity index is 1.98. The minimum absolute atomic E-state index is 0.299. The molecule has 1 heterocycles. The largest absolute Gasteiger partial charge is 0.384 e. The number of carbonyl (C=O) groups is 2. The van der Waals surface area contributed by atoms with Crippen LogP contribution in [-0.4, -0.2) is 43.5 Å². The Hall–Kier alpha value is -1.59. The lowest BCUT2D eigenvalue weighted by Crippen LogP contribution is -2.46. The number of hydrogen-bond acceptors (Lipinski definition) is 3. The molecule has 120 valence electrons. The topological polar surface area (TPSA) is 58.6 Å². The lowest BCUT2D eigenvalue weighted by Gasteiger charge is -2.31. The van der Waals surface area contributed by atoms with Gasteiger partial charge in [-0.15, -0.1) is 0 Å². The molecule has 0 radical (unpaired) electrons. The van der Waals surface area contributed by atoms with E-state index in [1.807, 2.05) is 6.92 Å². The fourth-order valence-electron chi connectivity index (χ4n) is 2.71. The maximum Gasteiger partial charge on any atom is 0.313 e. The van der Waals surface area contributed by atoms with E-state index in [0.717, 1.165) is 18.4 Å². The van der Waals surface area contributed by atoms with Crippen molar-refractivity contribution in [3.05, 3.63) is 28.8 Å². The summed E-state index contributed by atoms with van der Waals surface area (Å²) in [5.41, 5.74) is 1.43. The summed E-state index contributed by atoms with van der Waals surface area (Å²) in [6, 6.07) is 5.13. The Morgan fingerprint density at radius 1 is 1.45 bits per heavy atom. The smallest absolute Gasteiger partial charge is 0.313 e. The number of halogens is 1. The molecular formula is C16H21ClN2O3. The second-order valence-electron chi connectivity index (χ2n) is 5.63. The first-order valence-corrected chi connectivity index (χ1v) is 7.74. The molecule has 0 saturated carbocycles. The van der Waals surface area contributed by atoms with Crippen LogP contribution in [0.1, 0.15) is 18.4 Å². The molecule has 1 unspecified atom stereocenters. The molecule has 1 aromatic rings. The van der Waals surface area contributed by atoms with Gasteiger partial charge >= 0.3 is 11.8 Å². The number of nitrogens with one attached hydrogen (secondary N) is 1. The Labute approximate surface area is 135 Å². The number of carbonyl (C=O) groups excluding carboxylic acids is 2. The molecule has 0 aliphatic carbocycles. The van der Waals surface area contributed by atoms with E-state index >= 15 is 0 Å². The van der Waals surface area contributed by atoms with Gasteiger partial charge in [-0.2, -0.15) is 0 Å². The molecule has 22 heavy (non-hydrogen) atoms. The Morgan fingerprint density at radius 3 is 2.91 bits per heavy atom. The van der Waals surface area contributed by atoms with Crippen molar-refractivity contribution in [3.63, 3.8) is 0 Å². The number of piperidine rings is 1. The zero-order valence-corrected chi connectivity index (χ0v) is 13.7. The lowest BCUT2D eigenvalue weighted by atomic mass is 9.99. The van der Waals surface area contributed by atoms with Gasteiger partial charge in [0.05, 0.1) is 6.61 Å². The van der Waals surface area contributed by atoms with Crippen molar-refractivity contribution in [2.45, 2.75) is 19.8 Å². The van der Waals surface area contributed by atoms with Crippen LogP contribution in [-0.2, 0) is 14.3 Å². The second-order valence-corrected chi connectivity index (χ2v) is 6.06. The summed E-state index contributed by atoms with van der Waals surface area (Å²) in [6.45, 7) is 3.63. The molecule has 5 nitrogen and oxygen atoms in total. The Kier molecular flexibility index (Phi) is 5.80. The molecule has 1 fully saturated rings. The van der Waals surface area contributed by atoms with Gasteiger partial charge in [0.25, 0.3) is 0 Å². The molecule has 2 amide bonds. The second kappa shape index (κ2) is 7.61. The highest BCUT2D eigenvalue weighted by Crippen LogP contribution is 2.20. The zero-order valence-electron chi connectivity index (χ0n) is 12.9. The average molecular weight is 325 g/mol. The summed E-state index contributed by atoms with van der Waals surface area (Å²) in [6.07, 6.45) is 1.92. The molecule has 1 aromatic carbocycles. The highest BCUT2D eigenvalue weighted by molar-refractivity contribution is 6.39. The number of aryl methyl sites for hydroxylation is 1. The van der Waals surface area contributed by atoms with Crippen LogP contribution in [0.3, 0.4) is 0 Å². The number of likely N-dealkylation sites (tertiary alicyclic amines) is 1. The van der Waals surface area contributed by atoms with Gasteiger partial charge in [-0.3, -0.25) is 9.59 Å². The number of ether oxygens (including phenoxy) is 1. The molecule has 1 saturated heterocycles. The van der Waals surface area contributed by atoms with Crippen LogP contribution in [0.5, 0.6) is 0 Å². The van der Waals surface area contributed by atoms with Gasteiger partial charge in [-0.25, -0.2) is 0 Å². The van der Waals surface area contributed by atoms with E-state index < -0.39 is 11.8 Å². The van der Waals surface area contributed by atoms with Crippen LogP contribution >= 0.6 is 11.6 Å². The van der Waals surface area contributed by atoms with Gasteiger partial charge in [0.2, 0.25) is 0 Å². The van der Waals surface area contributed by atoms with Gasteiger partial charge in [0.1, 0.15) is 0 Å². The third-order valence-electron chi connectivity index (χ3n) is 3.84. The van der Waals surface area contributed by atoms with Gasteiger partial charge < -0.3 is 15.0 Å². The molecule has 0 spiro atoms. The number of rotatable bonds is 3. The first kappa shape index (κ1) is 16.8. The van der Waals surface area contributed by atoms with Crippen molar-refractivity contribution in [2.24, 2.45) is 5.92 Å². The summed E-state index contributed by atoms with van der Waals surface area (Å²) in [7, 11) is 1.65. The molecule has 1 aliphatic rings. The van der Waals surface area contributed by atoms with E-state index in [9.17, 15) is 9.59 Å². The summed E-state index contributed by atoms with van der Waals surface area (Å²) >= 11 is 5.88. The first-order valence-electron chi connectivity index (χ1n) is 7.36. The summed E-state index contributed by atoms with van der Waals surface area (Å²) in [4.78, 5) is 26.0. The summed E-state index contributed by atoms with van der Waals surface area (Å²) < 4.78 is 5.14. The number of nitrogens with zero attached hydrogens (tertiary/aromatic N) is 1. The molecular weight excluding hydrogens is 304 g/mol.